The van der Waals surface area contributed by atoms with Crippen molar-refractivity contribution >= 4 is 17.4 Å². The monoisotopic (exact) mass is 370 g/mol. The van der Waals surface area contributed by atoms with Crippen molar-refractivity contribution in [3.05, 3.63) is 18.0 Å². The minimum atomic E-state index is -4.62. The Morgan fingerprint density at radius 2 is 1.85 bits per heavy atom. The van der Waals surface area contributed by atoms with Crippen LogP contribution in [-0.2, 0) is 11.0 Å². The first-order valence-corrected chi connectivity index (χ1v) is 8.68. The van der Waals surface area contributed by atoms with Gasteiger partial charge in [0, 0.05) is 32.1 Å². The Hall–Kier alpha value is -2.39. The van der Waals surface area contributed by atoms with Gasteiger partial charge in [-0.25, -0.2) is 0 Å². The predicted octanol–water partition coefficient (Wildman–Crippen LogP) is 2.23. The molecule has 0 atom stereocenters. The van der Waals surface area contributed by atoms with Crippen molar-refractivity contribution in [1.82, 2.24) is 24.7 Å². The molecule has 26 heavy (non-hydrogen) atoms. The van der Waals surface area contributed by atoms with Crippen LogP contribution in [0.2, 0.25) is 0 Å². The Kier molecular flexibility index (Phi) is 5.01. The zero-order valence-electron chi connectivity index (χ0n) is 14.7. The Morgan fingerprint density at radius 3 is 2.42 bits per heavy atom. The Bertz CT molecular complexity index is 778. The second kappa shape index (κ2) is 7.08. The molecule has 1 aliphatic heterocycles. The topological polar surface area (TPSA) is 66.6 Å². The number of amides is 1. The maximum absolute atomic E-state index is 13.0. The summed E-state index contributed by atoms with van der Waals surface area (Å²) >= 11 is 0. The second-order valence-corrected chi connectivity index (χ2v) is 6.25. The van der Waals surface area contributed by atoms with Gasteiger partial charge in [0.05, 0.1) is 0 Å². The molecule has 0 bridgehead atoms. The van der Waals surface area contributed by atoms with Crippen LogP contribution in [0.1, 0.15) is 32.5 Å². The summed E-state index contributed by atoms with van der Waals surface area (Å²) in [5.41, 5.74) is 0.0488. The highest BCUT2D eigenvalue weighted by Crippen LogP contribution is 2.29. The largest absolute Gasteiger partial charge is 0.453 e. The molecule has 1 aliphatic rings. The lowest BCUT2D eigenvalue weighted by molar-refractivity contribution is -0.146. The fourth-order valence-corrected chi connectivity index (χ4v) is 3.27. The van der Waals surface area contributed by atoms with E-state index in [1.807, 2.05) is 23.6 Å². The summed E-state index contributed by atoms with van der Waals surface area (Å²) in [5, 5.41) is 10.8. The van der Waals surface area contributed by atoms with E-state index in [4.69, 9.17) is 0 Å². The van der Waals surface area contributed by atoms with Gasteiger partial charge in [-0.05, 0) is 38.8 Å². The average molecular weight is 370 g/mol. The van der Waals surface area contributed by atoms with E-state index < -0.39 is 12.0 Å². The zero-order chi connectivity index (χ0) is 18.9. The van der Waals surface area contributed by atoms with Crippen molar-refractivity contribution in [2.75, 3.05) is 31.1 Å². The molecule has 2 aromatic heterocycles. The first-order valence-electron chi connectivity index (χ1n) is 8.68. The van der Waals surface area contributed by atoms with Crippen molar-refractivity contribution < 1.29 is 18.0 Å². The number of carbonyl (C=O) groups excluding carboxylic acids is 1. The molecule has 1 fully saturated rings. The molecule has 0 aromatic carbocycles. The number of aromatic nitrogens is 4. The molecule has 1 saturated heterocycles. The number of anilines is 1. The SMILES string of the molecule is CCN(CC)C(=O)C1CCN(c2ccc3nnc(C(F)(F)F)n3n2)CC1. The van der Waals surface area contributed by atoms with Crippen LogP contribution in [0.25, 0.3) is 5.65 Å². The van der Waals surface area contributed by atoms with E-state index in [9.17, 15) is 18.0 Å². The van der Waals surface area contributed by atoms with E-state index in [2.05, 4.69) is 15.3 Å². The van der Waals surface area contributed by atoms with Gasteiger partial charge < -0.3 is 9.80 Å². The highest BCUT2D eigenvalue weighted by molar-refractivity contribution is 5.79. The molecule has 10 heteroatoms. The number of halogens is 3. The number of fused-ring (bicyclic) bond motifs is 1. The lowest BCUT2D eigenvalue weighted by Crippen LogP contribution is -2.42. The highest BCUT2D eigenvalue weighted by atomic mass is 19.4. The quantitative estimate of drug-likeness (QED) is 0.826. The number of hydrogen-bond donors (Lipinski definition) is 0. The van der Waals surface area contributed by atoms with Gasteiger partial charge in [-0.2, -0.15) is 17.7 Å². The normalized spacial score (nSPS) is 16.3. The van der Waals surface area contributed by atoms with Crippen molar-refractivity contribution in [3.8, 4) is 0 Å². The number of alkyl halides is 3. The Balaban J connectivity index is 1.74. The zero-order valence-corrected chi connectivity index (χ0v) is 14.7. The molecule has 0 aliphatic carbocycles. The second-order valence-electron chi connectivity index (χ2n) is 6.25. The summed E-state index contributed by atoms with van der Waals surface area (Å²) in [6.45, 7) is 6.41. The van der Waals surface area contributed by atoms with Crippen LogP contribution in [-0.4, -0.2) is 56.8 Å². The van der Waals surface area contributed by atoms with Gasteiger partial charge in [0.1, 0.15) is 5.82 Å². The summed E-state index contributed by atoms with van der Waals surface area (Å²) in [7, 11) is 0. The van der Waals surface area contributed by atoms with E-state index >= 15 is 0 Å². The first kappa shape index (κ1) is 18.4. The standard InChI is InChI=1S/C16H21F3N6O/c1-3-23(4-2)14(26)11-7-9-24(10-8-11)13-6-5-12-20-21-15(16(17,18)19)25(12)22-13/h5-6,11H,3-4,7-10H2,1-2H3. The molecule has 3 heterocycles. The van der Waals surface area contributed by atoms with E-state index in [0.29, 0.717) is 44.8 Å². The van der Waals surface area contributed by atoms with E-state index in [-0.39, 0.29) is 17.5 Å². The summed E-state index contributed by atoms with van der Waals surface area (Å²) in [6.07, 6.45) is -3.30. The van der Waals surface area contributed by atoms with Crippen LogP contribution in [0.3, 0.4) is 0 Å². The number of rotatable bonds is 4. The average Bonchev–Trinajstić information content (AvgIpc) is 3.06. The molecular weight excluding hydrogens is 349 g/mol. The third kappa shape index (κ3) is 3.45. The molecule has 2 aromatic rings. The molecule has 0 spiro atoms. The molecule has 7 nitrogen and oxygen atoms in total. The number of carbonyl (C=O) groups is 1. The maximum Gasteiger partial charge on any atom is 0.453 e. The minimum absolute atomic E-state index is 0.0458. The number of hydrogen-bond acceptors (Lipinski definition) is 5. The third-order valence-corrected chi connectivity index (χ3v) is 4.75. The first-order chi connectivity index (χ1) is 12.3. The summed E-state index contributed by atoms with van der Waals surface area (Å²) in [6, 6.07) is 3.11. The van der Waals surface area contributed by atoms with Crippen molar-refractivity contribution in [2.45, 2.75) is 32.9 Å². The minimum Gasteiger partial charge on any atom is -0.355 e. The van der Waals surface area contributed by atoms with Gasteiger partial charge in [-0.15, -0.1) is 15.3 Å². The van der Waals surface area contributed by atoms with E-state index in [0.717, 1.165) is 4.52 Å². The van der Waals surface area contributed by atoms with Gasteiger partial charge in [0.2, 0.25) is 5.91 Å². The lowest BCUT2D eigenvalue weighted by Gasteiger charge is -2.34. The van der Waals surface area contributed by atoms with Crippen LogP contribution in [0, 0.1) is 5.92 Å². The van der Waals surface area contributed by atoms with Gasteiger partial charge >= 0.3 is 6.18 Å². The Morgan fingerprint density at radius 1 is 1.19 bits per heavy atom. The van der Waals surface area contributed by atoms with Crippen LogP contribution < -0.4 is 4.90 Å². The molecular formula is C16H21F3N6O. The molecule has 0 N–H and O–H groups in total. The van der Waals surface area contributed by atoms with Crippen molar-refractivity contribution in [1.29, 1.82) is 0 Å². The summed E-state index contributed by atoms with van der Waals surface area (Å²) in [4.78, 5) is 16.2. The molecule has 0 radical (unpaired) electrons. The molecule has 142 valence electrons. The molecule has 0 unspecified atom stereocenters. The highest BCUT2D eigenvalue weighted by Gasteiger charge is 2.38. The molecule has 1 amide bonds. The Labute approximate surface area is 148 Å². The van der Waals surface area contributed by atoms with Crippen LogP contribution in [0.4, 0.5) is 19.0 Å². The van der Waals surface area contributed by atoms with Crippen molar-refractivity contribution in [2.24, 2.45) is 5.92 Å². The van der Waals surface area contributed by atoms with Gasteiger partial charge in [0.25, 0.3) is 5.82 Å². The fraction of sp³-hybridized carbons (Fsp3) is 0.625. The van der Waals surface area contributed by atoms with Gasteiger partial charge in [-0.1, -0.05) is 0 Å². The molecule has 0 saturated carbocycles. The third-order valence-electron chi connectivity index (χ3n) is 4.75. The number of nitrogens with zero attached hydrogens (tertiary/aromatic N) is 6. The van der Waals surface area contributed by atoms with Crippen LogP contribution >= 0.6 is 0 Å². The van der Waals surface area contributed by atoms with Crippen molar-refractivity contribution in [3.63, 3.8) is 0 Å². The van der Waals surface area contributed by atoms with Crippen LogP contribution in [0.15, 0.2) is 12.1 Å². The fourth-order valence-electron chi connectivity index (χ4n) is 3.27. The maximum atomic E-state index is 13.0. The number of piperidine rings is 1. The van der Waals surface area contributed by atoms with E-state index in [1.165, 1.54) is 6.07 Å². The molecule has 3 rings (SSSR count). The lowest BCUT2D eigenvalue weighted by atomic mass is 9.95. The summed E-state index contributed by atoms with van der Waals surface area (Å²) in [5.74, 6) is -0.607. The van der Waals surface area contributed by atoms with E-state index in [1.54, 1.807) is 6.07 Å². The predicted molar refractivity (Wildman–Crippen MR) is 88.6 cm³/mol. The van der Waals surface area contributed by atoms with Crippen LogP contribution in [0.5, 0.6) is 0 Å². The van der Waals surface area contributed by atoms with Gasteiger partial charge in [0.15, 0.2) is 5.65 Å². The van der Waals surface area contributed by atoms with Gasteiger partial charge in [-0.3, -0.25) is 4.79 Å². The smallest absolute Gasteiger partial charge is 0.355 e. The summed E-state index contributed by atoms with van der Waals surface area (Å²) < 4.78 is 39.7.